The highest BCUT2D eigenvalue weighted by molar-refractivity contribution is 5.65. The van der Waals surface area contributed by atoms with Crippen LogP contribution < -0.4 is 5.73 Å². The number of rotatable bonds is 7. The Morgan fingerprint density at radius 1 is 0.966 bits per heavy atom. The number of benzene rings is 2. The van der Waals surface area contributed by atoms with Gasteiger partial charge in [-0.1, -0.05) is 31.6 Å². The van der Waals surface area contributed by atoms with Gasteiger partial charge in [0.25, 0.3) is 0 Å². The van der Waals surface area contributed by atoms with Gasteiger partial charge in [-0.25, -0.2) is 8.78 Å². The molecular weight excluding hydrogens is 366 g/mol. The highest BCUT2D eigenvalue weighted by Crippen LogP contribution is 2.26. The standard InChI is InChI=1S/C25H26F2N2/c1-3-6-20-15-23(8-5-4-7-18-9-14-22(27)16-24(18)28)29-25(17(20)2)19-10-12-21(26)13-11-19/h4,7,9-16H,3,5-6,8,28H2,1-2H3/b7-4+. The number of nitrogen functional groups attached to an aromatic ring is 1. The van der Waals surface area contributed by atoms with Crippen LogP contribution >= 0.6 is 0 Å². The van der Waals surface area contributed by atoms with Crippen molar-refractivity contribution in [2.24, 2.45) is 0 Å². The van der Waals surface area contributed by atoms with E-state index in [-0.39, 0.29) is 11.6 Å². The molecule has 2 N–H and O–H groups in total. The maximum absolute atomic E-state index is 13.3. The van der Waals surface area contributed by atoms with Crippen LogP contribution in [-0.4, -0.2) is 4.98 Å². The predicted octanol–water partition coefficient (Wildman–Crippen LogP) is 6.52. The average Bonchev–Trinajstić information content (AvgIpc) is 2.69. The van der Waals surface area contributed by atoms with Crippen molar-refractivity contribution in [1.29, 1.82) is 0 Å². The summed E-state index contributed by atoms with van der Waals surface area (Å²) in [5.41, 5.74) is 12.4. The molecule has 0 saturated heterocycles. The minimum Gasteiger partial charge on any atom is -0.398 e. The fraction of sp³-hybridized carbons (Fsp3) is 0.240. The zero-order chi connectivity index (χ0) is 20.8. The lowest BCUT2D eigenvalue weighted by Crippen LogP contribution is -2.01. The number of nitrogens with two attached hydrogens (primary N) is 1. The van der Waals surface area contributed by atoms with Crippen LogP contribution in [0.4, 0.5) is 14.5 Å². The molecule has 0 unspecified atom stereocenters. The molecule has 1 aromatic heterocycles. The Morgan fingerprint density at radius 2 is 1.69 bits per heavy atom. The van der Waals surface area contributed by atoms with E-state index in [0.29, 0.717) is 5.69 Å². The summed E-state index contributed by atoms with van der Waals surface area (Å²) < 4.78 is 26.5. The number of hydrogen-bond acceptors (Lipinski definition) is 2. The van der Waals surface area contributed by atoms with Crippen molar-refractivity contribution in [3.05, 3.63) is 88.6 Å². The third kappa shape index (κ3) is 5.29. The molecule has 0 radical (unpaired) electrons. The summed E-state index contributed by atoms with van der Waals surface area (Å²) in [7, 11) is 0. The van der Waals surface area contributed by atoms with Gasteiger partial charge in [-0.15, -0.1) is 0 Å². The zero-order valence-corrected chi connectivity index (χ0v) is 16.9. The van der Waals surface area contributed by atoms with Crippen molar-refractivity contribution in [3.63, 3.8) is 0 Å². The van der Waals surface area contributed by atoms with Crippen LogP contribution in [0.1, 0.15) is 42.1 Å². The van der Waals surface area contributed by atoms with E-state index in [2.05, 4.69) is 19.9 Å². The molecule has 0 spiro atoms. The van der Waals surface area contributed by atoms with Crippen LogP contribution in [0.5, 0.6) is 0 Å². The second-order valence-electron chi connectivity index (χ2n) is 7.22. The fourth-order valence-electron chi connectivity index (χ4n) is 3.41. The van der Waals surface area contributed by atoms with Gasteiger partial charge in [0, 0.05) is 16.9 Å². The maximum Gasteiger partial charge on any atom is 0.125 e. The van der Waals surface area contributed by atoms with Gasteiger partial charge in [0.05, 0.1) is 5.69 Å². The van der Waals surface area contributed by atoms with Crippen LogP contribution in [0.3, 0.4) is 0 Å². The molecule has 0 aliphatic heterocycles. The lowest BCUT2D eigenvalue weighted by Gasteiger charge is -2.13. The Hall–Kier alpha value is -3.01. The van der Waals surface area contributed by atoms with Gasteiger partial charge in [0.15, 0.2) is 0 Å². The van der Waals surface area contributed by atoms with E-state index in [1.807, 2.05) is 12.2 Å². The van der Waals surface area contributed by atoms with Crippen LogP contribution in [0.25, 0.3) is 17.3 Å². The zero-order valence-electron chi connectivity index (χ0n) is 16.9. The molecule has 150 valence electrons. The third-order valence-corrected chi connectivity index (χ3v) is 4.98. The van der Waals surface area contributed by atoms with Crippen molar-refractivity contribution in [1.82, 2.24) is 4.98 Å². The maximum atomic E-state index is 13.3. The molecule has 0 atom stereocenters. The van der Waals surface area contributed by atoms with Crippen LogP contribution in [-0.2, 0) is 12.8 Å². The van der Waals surface area contributed by atoms with Gasteiger partial charge >= 0.3 is 0 Å². The molecule has 2 aromatic carbocycles. The summed E-state index contributed by atoms with van der Waals surface area (Å²) in [5.74, 6) is -0.582. The number of aryl methyl sites for hydroxylation is 2. The van der Waals surface area contributed by atoms with Crippen LogP contribution in [0.2, 0.25) is 0 Å². The number of pyridine rings is 1. The summed E-state index contributed by atoms with van der Waals surface area (Å²) >= 11 is 0. The first-order valence-electron chi connectivity index (χ1n) is 9.95. The van der Waals surface area contributed by atoms with E-state index >= 15 is 0 Å². The lowest BCUT2D eigenvalue weighted by atomic mass is 9.97. The van der Waals surface area contributed by atoms with Gasteiger partial charge in [-0.05, 0) is 85.3 Å². The molecule has 29 heavy (non-hydrogen) atoms. The summed E-state index contributed by atoms with van der Waals surface area (Å²) in [4.78, 5) is 4.86. The number of nitrogens with zero attached hydrogens (tertiary/aromatic N) is 1. The van der Waals surface area contributed by atoms with Crippen LogP contribution in [0.15, 0.2) is 54.6 Å². The first kappa shape index (κ1) is 20.7. The Balaban J connectivity index is 1.81. The van der Waals surface area contributed by atoms with Gasteiger partial charge in [0.1, 0.15) is 11.6 Å². The second-order valence-corrected chi connectivity index (χ2v) is 7.22. The first-order chi connectivity index (χ1) is 14.0. The van der Waals surface area contributed by atoms with Gasteiger partial charge < -0.3 is 5.73 Å². The first-order valence-corrected chi connectivity index (χ1v) is 9.95. The van der Waals surface area contributed by atoms with Crippen LogP contribution in [0, 0.1) is 18.6 Å². The van der Waals surface area contributed by atoms with Crippen molar-refractivity contribution in [2.75, 3.05) is 5.73 Å². The Bertz CT molecular complexity index is 1010. The van der Waals surface area contributed by atoms with Gasteiger partial charge in [-0.2, -0.15) is 0 Å². The molecule has 0 fully saturated rings. The number of hydrogen-bond donors (Lipinski definition) is 1. The molecule has 0 aliphatic carbocycles. The van der Waals surface area contributed by atoms with E-state index < -0.39 is 0 Å². The molecule has 4 heteroatoms. The molecule has 3 rings (SSSR count). The Kier molecular flexibility index (Phi) is 6.76. The van der Waals surface area contributed by atoms with Crippen molar-refractivity contribution < 1.29 is 8.78 Å². The SMILES string of the molecule is CCCc1cc(CC/C=C/c2ccc(F)cc2N)nc(-c2ccc(F)cc2)c1C. The number of halogens is 2. The lowest BCUT2D eigenvalue weighted by molar-refractivity contribution is 0.627. The molecule has 0 aliphatic rings. The monoisotopic (exact) mass is 392 g/mol. The average molecular weight is 392 g/mol. The van der Waals surface area contributed by atoms with Crippen molar-refractivity contribution >= 4 is 11.8 Å². The van der Waals surface area contributed by atoms with E-state index in [0.717, 1.165) is 53.8 Å². The highest BCUT2D eigenvalue weighted by atomic mass is 19.1. The molecular formula is C25H26F2N2. The summed E-state index contributed by atoms with van der Waals surface area (Å²) in [6, 6.07) is 13.1. The topological polar surface area (TPSA) is 38.9 Å². The Labute approximate surface area is 171 Å². The van der Waals surface area contributed by atoms with E-state index in [4.69, 9.17) is 10.7 Å². The smallest absolute Gasteiger partial charge is 0.125 e. The predicted molar refractivity (Wildman–Crippen MR) is 117 cm³/mol. The number of aromatic nitrogens is 1. The highest BCUT2D eigenvalue weighted by Gasteiger charge is 2.11. The quantitative estimate of drug-likeness (QED) is 0.465. The molecule has 2 nitrogen and oxygen atoms in total. The van der Waals surface area contributed by atoms with Crippen molar-refractivity contribution in [2.45, 2.75) is 39.5 Å². The Morgan fingerprint density at radius 3 is 2.38 bits per heavy atom. The summed E-state index contributed by atoms with van der Waals surface area (Å²) in [6.45, 7) is 4.24. The minimum atomic E-state index is -0.333. The van der Waals surface area contributed by atoms with E-state index in [9.17, 15) is 8.78 Å². The number of allylic oxidation sites excluding steroid dienone is 1. The summed E-state index contributed by atoms with van der Waals surface area (Å²) in [6.07, 6.45) is 7.55. The molecule has 1 heterocycles. The van der Waals surface area contributed by atoms with E-state index in [1.54, 1.807) is 18.2 Å². The molecule has 3 aromatic rings. The normalized spacial score (nSPS) is 11.3. The largest absolute Gasteiger partial charge is 0.398 e. The minimum absolute atomic E-state index is 0.249. The fourth-order valence-corrected chi connectivity index (χ4v) is 3.41. The molecule has 0 bridgehead atoms. The molecule has 0 saturated carbocycles. The van der Waals surface area contributed by atoms with E-state index in [1.165, 1.54) is 29.8 Å². The van der Waals surface area contributed by atoms with Gasteiger partial charge in [-0.3, -0.25) is 4.98 Å². The summed E-state index contributed by atoms with van der Waals surface area (Å²) in [5, 5.41) is 0. The second kappa shape index (κ2) is 9.46. The number of anilines is 1. The third-order valence-electron chi connectivity index (χ3n) is 4.98. The van der Waals surface area contributed by atoms with Crippen molar-refractivity contribution in [3.8, 4) is 11.3 Å². The van der Waals surface area contributed by atoms with Gasteiger partial charge in [0.2, 0.25) is 0 Å². The molecule has 0 amide bonds.